The summed E-state index contributed by atoms with van der Waals surface area (Å²) in [4.78, 5) is 48.9. The molecule has 0 radical (unpaired) electrons. The van der Waals surface area contributed by atoms with Crippen LogP contribution in [0.4, 0.5) is 0 Å². The lowest BCUT2D eigenvalue weighted by molar-refractivity contribution is -0.150. The minimum absolute atomic E-state index is 0.0535. The summed E-state index contributed by atoms with van der Waals surface area (Å²) in [5.74, 6) is -2.09. The standard InChI is InChI=1S/C14H15N3O4/c1-6-2-3-7-10(11(6)15)14(21)17(13(7)20)8-4-5-9(18)16-12(8)19/h2-3,6,8,11H,4-5,15H2,1H3,(H,16,18,19). The summed E-state index contributed by atoms with van der Waals surface area (Å²) in [5.41, 5.74) is 6.52. The molecule has 7 nitrogen and oxygen atoms in total. The Morgan fingerprint density at radius 1 is 1.24 bits per heavy atom. The van der Waals surface area contributed by atoms with Crippen molar-refractivity contribution in [2.24, 2.45) is 11.7 Å². The van der Waals surface area contributed by atoms with Gasteiger partial charge in [-0.2, -0.15) is 0 Å². The number of carbonyl (C=O) groups excluding carboxylic acids is 4. The Morgan fingerprint density at radius 3 is 2.62 bits per heavy atom. The third-order valence-electron chi connectivity index (χ3n) is 4.18. The topological polar surface area (TPSA) is 110 Å². The van der Waals surface area contributed by atoms with Crippen molar-refractivity contribution in [2.75, 3.05) is 0 Å². The highest BCUT2D eigenvalue weighted by Crippen LogP contribution is 2.33. The van der Waals surface area contributed by atoms with Crippen molar-refractivity contribution in [1.29, 1.82) is 0 Å². The molecule has 2 heterocycles. The molecule has 3 N–H and O–H groups in total. The molecule has 3 atom stereocenters. The quantitative estimate of drug-likeness (QED) is 0.601. The zero-order chi connectivity index (χ0) is 15.3. The fourth-order valence-corrected chi connectivity index (χ4v) is 2.91. The summed E-state index contributed by atoms with van der Waals surface area (Å²) in [6.07, 6.45) is 3.63. The van der Waals surface area contributed by atoms with Gasteiger partial charge >= 0.3 is 0 Å². The van der Waals surface area contributed by atoms with E-state index < -0.39 is 35.7 Å². The van der Waals surface area contributed by atoms with Gasteiger partial charge < -0.3 is 5.73 Å². The molecule has 3 unspecified atom stereocenters. The van der Waals surface area contributed by atoms with Crippen LogP contribution in [-0.2, 0) is 19.2 Å². The zero-order valence-corrected chi connectivity index (χ0v) is 11.5. The van der Waals surface area contributed by atoms with Crippen molar-refractivity contribution in [3.63, 3.8) is 0 Å². The van der Waals surface area contributed by atoms with E-state index in [-0.39, 0.29) is 29.9 Å². The lowest BCUT2D eigenvalue weighted by Gasteiger charge is -2.28. The smallest absolute Gasteiger partial charge is 0.262 e. The summed E-state index contributed by atoms with van der Waals surface area (Å²) in [5, 5.41) is 2.16. The van der Waals surface area contributed by atoms with Crippen LogP contribution in [0.3, 0.4) is 0 Å². The Balaban J connectivity index is 1.93. The van der Waals surface area contributed by atoms with Crippen LogP contribution < -0.4 is 11.1 Å². The Morgan fingerprint density at radius 2 is 1.95 bits per heavy atom. The first-order chi connectivity index (χ1) is 9.91. The van der Waals surface area contributed by atoms with Crippen LogP contribution in [0.25, 0.3) is 0 Å². The lowest BCUT2D eigenvalue weighted by atomic mass is 9.87. The van der Waals surface area contributed by atoms with Gasteiger partial charge in [-0.15, -0.1) is 0 Å². The number of nitrogens with zero attached hydrogens (tertiary/aromatic N) is 1. The number of rotatable bonds is 1. The first kappa shape index (κ1) is 13.7. The summed E-state index contributed by atoms with van der Waals surface area (Å²) in [6.45, 7) is 1.86. The molecule has 0 bridgehead atoms. The molecular weight excluding hydrogens is 274 g/mol. The monoisotopic (exact) mass is 289 g/mol. The SMILES string of the molecule is CC1C=CC2=C(C(=O)N(C3CCC(=O)NC3=O)C2=O)C1N. The Kier molecular flexibility index (Phi) is 3.02. The predicted octanol–water partition coefficient (Wildman–Crippen LogP) is -1.01. The van der Waals surface area contributed by atoms with Crippen LogP contribution in [0.5, 0.6) is 0 Å². The molecule has 7 heteroatoms. The minimum Gasteiger partial charge on any atom is -0.323 e. The van der Waals surface area contributed by atoms with E-state index in [1.54, 1.807) is 12.2 Å². The zero-order valence-electron chi connectivity index (χ0n) is 11.5. The van der Waals surface area contributed by atoms with Crippen molar-refractivity contribution < 1.29 is 19.2 Å². The normalized spacial score (nSPS) is 32.7. The summed E-state index contributed by atoms with van der Waals surface area (Å²) >= 11 is 0. The highest BCUT2D eigenvalue weighted by molar-refractivity contribution is 6.23. The molecule has 0 aromatic carbocycles. The molecule has 1 fully saturated rings. The van der Waals surface area contributed by atoms with Crippen LogP contribution in [-0.4, -0.2) is 40.6 Å². The second-order valence-corrected chi connectivity index (χ2v) is 5.52. The van der Waals surface area contributed by atoms with E-state index in [1.165, 1.54) is 0 Å². The predicted molar refractivity (Wildman–Crippen MR) is 71.3 cm³/mol. The number of amides is 4. The fourth-order valence-electron chi connectivity index (χ4n) is 2.91. The Bertz CT molecular complexity index is 634. The molecule has 1 saturated heterocycles. The summed E-state index contributed by atoms with van der Waals surface area (Å²) in [6, 6.07) is -1.50. The second kappa shape index (κ2) is 4.63. The largest absolute Gasteiger partial charge is 0.323 e. The highest BCUT2D eigenvalue weighted by atomic mass is 16.2. The van der Waals surface area contributed by atoms with Gasteiger partial charge in [-0.25, -0.2) is 0 Å². The van der Waals surface area contributed by atoms with Gasteiger partial charge in [0, 0.05) is 18.0 Å². The van der Waals surface area contributed by atoms with Crippen molar-refractivity contribution in [3.8, 4) is 0 Å². The number of nitrogens with one attached hydrogen (secondary N) is 1. The van der Waals surface area contributed by atoms with E-state index in [4.69, 9.17) is 5.73 Å². The van der Waals surface area contributed by atoms with E-state index in [1.807, 2.05) is 6.92 Å². The number of piperidine rings is 1. The molecule has 110 valence electrons. The Hall–Kier alpha value is -2.28. The van der Waals surface area contributed by atoms with Gasteiger partial charge in [0.15, 0.2) is 0 Å². The van der Waals surface area contributed by atoms with Gasteiger partial charge in [0.05, 0.1) is 5.57 Å². The number of hydrogen-bond donors (Lipinski definition) is 2. The van der Waals surface area contributed by atoms with Crippen LogP contribution in [0, 0.1) is 5.92 Å². The molecule has 0 aromatic heterocycles. The third-order valence-corrected chi connectivity index (χ3v) is 4.18. The van der Waals surface area contributed by atoms with E-state index in [0.29, 0.717) is 0 Å². The van der Waals surface area contributed by atoms with Gasteiger partial charge in [-0.05, 0) is 12.3 Å². The number of hydrogen-bond acceptors (Lipinski definition) is 5. The summed E-state index contributed by atoms with van der Waals surface area (Å²) in [7, 11) is 0. The molecule has 0 spiro atoms. The maximum Gasteiger partial charge on any atom is 0.262 e. The van der Waals surface area contributed by atoms with Crippen molar-refractivity contribution in [1.82, 2.24) is 10.2 Å². The fraction of sp³-hybridized carbons (Fsp3) is 0.429. The molecule has 21 heavy (non-hydrogen) atoms. The third kappa shape index (κ3) is 1.92. The molecule has 4 amide bonds. The maximum absolute atomic E-state index is 12.5. The van der Waals surface area contributed by atoms with Crippen LogP contribution >= 0.6 is 0 Å². The molecule has 1 aliphatic carbocycles. The average Bonchev–Trinajstić information content (AvgIpc) is 2.67. The number of imide groups is 2. The van der Waals surface area contributed by atoms with Gasteiger partial charge in [0.2, 0.25) is 11.8 Å². The van der Waals surface area contributed by atoms with Crippen molar-refractivity contribution >= 4 is 23.6 Å². The van der Waals surface area contributed by atoms with Gasteiger partial charge in [0.1, 0.15) is 6.04 Å². The van der Waals surface area contributed by atoms with Gasteiger partial charge in [0.25, 0.3) is 11.8 Å². The van der Waals surface area contributed by atoms with Gasteiger partial charge in [-0.3, -0.25) is 29.4 Å². The maximum atomic E-state index is 12.5. The van der Waals surface area contributed by atoms with Crippen molar-refractivity contribution in [3.05, 3.63) is 23.3 Å². The van der Waals surface area contributed by atoms with Gasteiger partial charge in [-0.1, -0.05) is 19.1 Å². The molecule has 0 saturated carbocycles. The van der Waals surface area contributed by atoms with E-state index in [2.05, 4.69) is 5.32 Å². The average molecular weight is 289 g/mol. The van der Waals surface area contributed by atoms with Crippen LogP contribution in [0.15, 0.2) is 23.3 Å². The molecule has 2 aliphatic heterocycles. The second-order valence-electron chi connectivity index (χ2n) is 5.52. The first-order valence-electron chi connectivity index (χ1n) is 6.81. The molecule has 3 rings (SSSR count). The van der Waals surface area contributed by atoms with E-state index >= 15 is 0 Å². The molecular formula is C14H15N3O4. The van der Waals surface area contributed by atoms with E-state index in [9.17, 15) is 19.2 Å². The lowest BCUT2D eigenvalue weighted by Crippen LogP contribution is -2.55. The summed E-state index contributed by atoms with van der Waals surface area (Å²) < 4.78 is 0. The number of carbonyl (C=O) groups is 4. The van der Waals surface area contributed by atoms with E-state index in [0.717, 1.165) is 4.90 Å². The molecule has 3 aliphatic rings. The Labute approximate surface area is 120 Å². The first-order valence-corrected chi connectivity index (χ1v) is 6.81. The highest BCUT2D eigenvalue weighted by Gasteiger charge is 2.48. The van der Waals surface area contributed by atoms with Crippen molar-refractivity contribution in [2.45, 2.75) is 31.8 Å². The van der Waals surface area contributed by atoms with Crippen LogP contribution in [0.1, 0.15) is 19.8 Å². The molecule has 0 aromatic rings. The number of nitrogens with two attached hydrogens (primary N) is 1. The minimum atomic E-state index is -0.941. The van der Waals surface area contributed by atoms with Crippen LogP contribution in [0.2, 0.25) is 0 Å².